The summed E-state index contributed by atoms with van der Waals surface area (Å²) in [6, 6.07) is 2.06. The molecule has 0 saturated carbocycles. The molecule has 21 heavy (non-hydrogen) atoms. The van der Waals surface area contributed by atoms with E-state index in [-0.39, 0.29) is 0 Å². The minimum Gasteiger partial charge on any atom is -0.300 e. The van der Waals surface area contributed by atoms with E-state index in [4.69, 9.17) is 11.6 Å². The number of hydrogen-bond donors (Lipinski definition) is 0. The second-order valence-electron chi connectivity index (χ2n) is 5.29. The molecular weight excluding hydrogens is 328 g/mol. The Morgan fingerprint density at radius 1 is 1.43 bits per heavy atom. The Kier molecular flexibility index (Phi) is 5.71. The first-order valence-electron chi connectivity index (χ1n) is 7.33. The first kappa shape index (κ1) is 17.2. The Hall–Kier alpha value is -0.140. The summed E-state index contributed by atoms with van der Waals surface area (Å²) in [6.07, 6.45) is 0.909. The Bertz CT molecular complexity index is 582. The predicted octanol–water partition coefficient (Wildman–Crippen LogP) is 2.90. The van der Waals surface area contributed by atoms with Crippen LogP contribution in [0.15, 0.2) is 11.0 Å². The summed E-state index contributed by atoms with van der Waals surface area (Å²) >= 11 is 7.29. The number of nitrogens with zero attached hydrogens (tertiary/aromatic N) is 2. The van der Waals surface area contributed by atoms with Crippen LogP contribution >= 0.6 is 22.9 Å². The molecule has 4 nitrogen and oxygen atoms in total. The average Bonchev–Trinajstić information content (AvgIpc) is 3.07. The molecule has 2 rings (SSSR count). The number of aryl methyl sites for hydroxylation is 1. The van der Waals surface area contributed by atoms with E-state index >= 15 is 0 Å². The van der Waals surface area contributed by atoms with Crippen LogP contribution in [0.3, 0.4) is 0 Å². The fourth-order valence-electron chi connectivity index (χ4n) is 2.95. The van der Waals surface area contributed by atoms with Crippen molar-refractivity contribution < 1.29 is 8.42 Å². The number of thiophene rings is 1. The molecule has 1 saturated heterocycles. The monoisotopic (exact) mass is 350 g/mol. The number of rotatable bonds is 6. The molecule has 120 valence electrons. The van der Waals surface area contributed by atoms with E-state index in [1.165, 1.54) is 11.3 Å². The van der Waals surface area contributed by atoms with E-state index in [1.807, 2.05) is 6.92 Å². The lowest BCUT2D eigenvalue weighted by Crippen LogP contribution is -2.38. The van der Waals surface area contributed by atoms with Crippen molar-refractivity contribution in [2.75, 3.05) is 26.2 Å². The van der Waals surface area contributed by atoms with Crippen LogP contribution in [0.4, 0.5) is 0 Å². The maximum Gasteiger partial charge on any atom is 0.244 e. The number of hydrogen-bond acceptors (Lipinski definition) is 4. The van der Waals surface area contributed by atoms with Gasteiger partial charge in [0.05, 0.1) is 10.8 Å². The zero-order valence-electron chi connectivity index (χ0n) is 12.8. The van der Waals surface area contributed by atoms with E-state index in [0.717, 1.165) is 29.3 Å². The van der Waals surface area contributed by atoms with Gasteiger partial charge < -0.3 is 0 Å². The van der Waals surface area contributed by atoms with Gasteiger partial charge in [0.25, 0.3) is 0 Å². The fraction of sp³-hybridized carbons (Fsp3) is 0.714. The van der Waals surface area contributed by atoms with Gasteiger partial charge in [-0.2, -0.15) is 4.31 Å². The summed E-state index contributed by atoms with van der Waals surface area (Å²) in [5.74, 6) is 0.364. The van der Waals surface area contributed by atoms with Gasteiger partial charge in [-0.15, -0.1) is 22.9 Å². The molecular formula is C14H23ClN2O2S2. The van der Waals surface area contributed by atoms with E-state index in [0.29, 0.717) is 29.9 Å². The van der Waals surface area contributed by atoms with Gasteiger partial charge in [0.1, 0.15) is 0 Å². The number of likely N-dealkylation sites (N-methyl/N-ethyl adjacent to an activating group) is 1. The van der Waals surface area contributed by atoms with Crippen LogP contribution in [0.1, 0.15) is 30.0 Å². The van der Waals surface area contributed by atoms with Crippen LogP contribution in [0.2, 0.25) is 0 Å². The summed E-state index contributed by atoms with van der Waals surface area (Å²) in [5, 5.41) is 0. The topological polar surface area (TPSA) is 40.6 Å². The van der Waals surface area contributed by atoms with Gasteiger partial charge >= 0.3 is 0 Å². The van der Waals surface area contributed by atoms with Crippen LogP contribution in [0, 0.1) is 6.92 Å². The third-order valence-corrected chi connectivity index (χ3v) is 7.75. The second kappa shape index (κ2) is 6.96. The highest BCUT2D eigenvalue weighted by Crippen LogP contribution is 2.31. The van der Waals surface area contributed by atoms with E-state index in [9.17, 15) is 8.42 Å². The molecule has 0 aliphatic carbocycles. The van der Waals surface area contributed by atoms with Gasteiger partial charge in [-0.05, 0) is 32.5 Å². The second-order valence-corrected chi connectivity index (χ2v) is 8.81. The maximum atomic E-state index is 12.8. The molecule has 1 aromatic heterocycles. The maximum absolute atomic E-state index is 12.8. The van der Waals surface area contributed by atoms with Gasteiger partial charge in [-0.1, -0.05) is 13.8 Å². The molecule has 7 heteroatoms. The zero-order valence-corrected chi connectivity index (χ0v) is 15.2. The lowest BCUT2D eigenvalue weighted by Gasteiger charge is -2.26. The normalized spacial score (nSPS) is 20.5. The summed E-state index contributed by atoms with van der Waals surface area (Å²) < 4.78 is 27.2. The van der Waals surface area contributed by atoms with Crippen molar-refractivity contribution in [1.82, 2.24) is 9.21 Å². The van der Waals surface area contributed by atoms with Crippen LogP contribution in [0.5, 0.6) is 0 Å². The Labute approximate surface area is 136 Å². The van der Waals surface area contributed by atoms with Gasteiger partial charge in [0.15, 0.2) is 0 Å². The molecule has 0 amide bonds. The van der Waals surface area contributed by atoms with Crippen molar-refractivity contribution >= 4 is 33.0 Å². The molecule has 2 heterocycles. The lowest BCUT2D eigenvalue weighted by atomic mass is 10.2. The number of halogens is 1. The third kappa shape index (κ3) is 3.45. The van der Waals surface area contributed by atoms with Crippen LogP contribution in [-0.4, -0.2) is 49.8 Å². The third-order valence-electron chi connectivity index (χ3n) is 4.13. The molecule has 1 unspecified atom stereocenters. The van der Waals surface area contributed by atoms with Gasteiger partial charge in [0, 0.05) is 28.9 Å². The van der Waals surface area contributed by atoms with Gasteiger partial charge in [-0.3, -0.25) is 4.90 Å². The fourth-order valence-corrected chi connectivity index (χ4v) is 6.14. The van der Waals surface area contributed by atoms with Crippen molar-refractivity contribution in [2.24, 2.45) is 0 Å². The molecule has 0 N–H and O–H groups in total. The highest BCUT2D eigenvalue weighted by atomic mass is 35.5. The Morgan fingerprint density at radius 3 is 2.62 bits per heavy atom. The molecule has 1 aromatic rings. The largest absolute Gasteiger partial charge is 0.300 e. The number of sulfonamides is 1. The quantitative estimate of drug-likeness (QED) is 0.741. The highest BCUT2D eigenvalue weighted by Gasteiger charge is 2.35. The van der Waals surface area contributed by atoms with Crippen molar-refractivity contribution in [2.45, 2.75) is 44.0 Å². The minimum atomic E-state index is -3.38. The lowest BCUT2D eigenvalue weighted by molar-refractivity contribution is 0.224. The van der Waals surface area contributed by atoms with Gasteiger partial charge in [-0.25, -0.2) is 8.42 Å². The summed E-state index contributed by atoms with van der Waals surface area (Å²) in [7, 11) is -3.38. The van der Waals surface area contributed by atoms with Crippen molar-refractivity contribution in [3.8, 4) is 0 Å². The molecule has 1 atom stereocenters. The molecule has 0 bridgehead atoms. The first-order valence-corrected chi connectivity index (χ1v) is 10.1. The van der Waals surface area contributed by atoms with Crippen LogP contribution in [-0.2, 0) is 15.9 Å². The van der Waals surface area contributed by atoms with Crippen LogP contribution in [0.25, 0.3) is 0 Å². The minimum absolute atomic E-state index is 0.334. The Balaban J connectivity index is 2.19. The standard InChI is InChI=1S/C14H23ClN2O2S2/c1-4-16(5-2)12-6-7-17(10-12)21(18,19)14-8-13(9-15)20-11(14)3/h8,12H,4-7,9-10H2,1-3H3. The van der Waals surface area contributed by atoms with E-state index in [1.54, 1.807) is 10.4 Å². The summed E-state index contributed by atoms with van der Waals surface area (Å²) in [5.41, 5.74) is 0. The summed E-state index contributed by atoms with van der Waals surface area (Å²) in [4.78, 5) is 4.51. The van der Waals surface area contributed by atoms with Crippen molar-refractivity contribution in [1.29, 1.82) is 0 Å². The SMILES string of the molecule is CCN(CC)C1CCN(S(=O)(=O)c2cc(CCl)sc2C)C1. The predicted molar refractivity (Wildman–Crippen MR) is 88.7 cm³/mol. The van der Waals surface area contributed by atoms with Crippen molar-refractivity contribution in [3.63, 3.8) is 0 Å². The van der Waals surface area contributed by atoms with Crippen LogP contribution < -0.4 is 0 Å². The first-order chi connectivity index (χ1) is 9.93. The molecule has 0 radical (unpaired) electrons. The molecule has 0 aromatic carbocycles. The molecule has 1 aliphatic heterocycles. The summed E-state index contributed by atoms with van der Waals surface area (Å²) in [6.45, 7) is 9.22. The molecule has 0 spiro atoms. The highest BCUT2D eigenvalue weighted by molar-refractivity contribution is 7.89. The molecule has 1 aliphatic rings. The van der Waals surface area contributed by atoms with E-state index in [2.05, 4.69) is 18.7 Å². The molecule has 1 fully saturated rings. The number of alkyl halides is 1. The average molecular weight is 351 g/mol. The van der Waals surface area contributed by atoms with E-state index < -0.39 is 10.0 Å². The zero-order chi connectivity index (χ0) is 15.6. The van der Waals surface area contributed by atoms with Gasteiger partial charge in [0.2, 0.25) is 10.0 Å². The smallest absolute Gasteiger partial charge is 0.244 e. The van der Waals surface area contributed by atoms with Crippen molar-refractivity contribution in [3.05, 3.63) is 15.8 Å². The Morgan fingerprint density at radius 2 is 2.10 bits per heavy atom.